The monoisotopic (exact) mass is 426 g/mol. The lowest BCUT2D eigenvalue weighted by Gasteiger charge is -2.37. The second-order valence-electron chi connectivity index (χ2n) is 8.16. The van der Waals surface area contributed by atoms with E-state index in [-0.39, 0.29) is 17.2 Å². The van der Waals surface area contributed by atoms with Crippen molar-refractivity contribution in [2.75, 3.05) is 23.3 Å². The molecular formula is C24H25F3N4. The summed E-state index contributed by atoms with van der Waals surface area (Å²) in [6, 6.07) is 9.85. The van der Waals surface area contributed by atoms with Crippen molar-refractivity contribution >= 4 is 11.4 Å². The molecule has 3 N–H and O–H groups in total. The van der Waals surface area contributed by atoms with Crippen LogP contribution in [0.2, 0.25) is 0 Å². The van der Waals surface area contributed by atoms with Gasteiger partial charge in [-0.25, -0.2) is 13.2 Å². The third-order valence-electron chi connectivity index (χ3n) is 5.58. The molecule has 31 heavy (non-hydrogen) atoms. The molecule has 1 aliphatic heterocycles. The van der Waals surface area contributed by atoms with Crippen LogP contribution in [-0.4, -0.2) is 24.1 Å². The highest BCUT2D eigenvalue weighted by molar-refractivity contribution is 5.70. The molecule has 4 nitrogen and oxygen atoms in total. The minimum Gasteiger partial charge on any atom is -0.378 e. The van der Waals surface area contributed by atoms with Gasteiger partial charge in [-0.05, 0) is 48.2 Å². The van der Waals surface area contributed by atoms with Crippen LogP contribution in [0.4, 0.5) is 24.5 Å². The number of benzene rings is 2. The molecule has 0 bridgehead atoms. The molecule has 162 valence electrons. The van der Waals surface area contributed by atoms with Crippen LogP contribution in [0, 0.1) is 23.4 Å². The average molecular weight is 426 g/mol. The van der Waals surface area contributed by atoms with E-state index in [0.717, 1.165) is 43.0 Å². The molecule has 2 aromatic carbocycles. The Labute approximate surface area is 179 Å². The first kappa shape index (κ1) is 21.2. The number of nitrogens with zero attached hydrogens (tertiary/aromatic N) is 2. The number of nitrogens with one attached hydrogen (secondary N) is 1. The van der Waals surface area contributed by atoms with Crippen molar-refractivity contribution in [1.82, 2.24) is 4.98 Å². The van der Waals surface area contributed by atoms with E-state index >= 15 is 0 Å². The van der Waals surface area contributed by atoms with E-state index in [4.69, 9.17) is 5.73 Å². The predicted octanol–water partition coefficient (Wildman–Crippen LogP) is 4.95. The second kappa shape index (κ2) is 8.98. The van der Waals surface area contributed by atoms with E-state index in [2.05, 4.69) is 22.1 Å². The summed E-state index contributed by atoms with van der Waals surface area (Å²) < 4.78 is 42.7. The van der Waals surface area contributed by atoms with Gasteiger partial charge in [0, 0.05) is 37.4 Å². The number of pyridine rings is 1. The van der Waals surface area contributed by atoms with Gasteiger partial charge in [-0.15, -0.1) is 0 Å². The molecule has 2 unspecified atom stereocenters. The third kappa shape index (κ3) is 4.66. The van der Waals surface area contributed by atoms with Crippen LogP contribution in [-0.2, 0) is 6.54 Å². The minimum atomic E-state index is -0.797. The van der Waals surface area contributed by atoms with Crippen molar-refractivity contribution in [3.8, 4) is 11.1 Å². The Morgan fingerprint density at radius 1 is 1.06 bits per heavy atom. The lowest BCUT2D eigenvalue weighted by atomic mass is 9.96. The third-order valence-corrected chi connectivity index (χ3v) is 5.58. The molecule has 0 aliphatic carbocycles. The Balaban J connectivity index is 1.57. The zero-order valence-electron chi connectivity index (χ0n) is 17.3. The molecule has 1 aliphatic rings. The van der Waals surface area contributed by atoms with Gasteiger partial charge in [0.2, 0.25) is 0 Å². The van der Waals surface area contributed by atoms with Gasteiger partial charge in [0.15, 0.2) is 0 Å². The van der Waals surface area contributed by atoms with E-state index < -0.39 is 17.5 Å². The van der Waals surface area contributed by atoms with E-state index in [0.29, 0.717) is 18.0 Å². The van der Waals surface area contributed by atoms with Gasteiger partial charge in [-0.3, -0.25) is 4.98 Å². The zero-order valence-corrected chi connectivity index (χ0v) is 17.3. The van der Waals surface area contributed by atoms with Gasteiger partial charge >= 0.3 is 0 Å². The van der Waals surface area contributed by atoms with Crippen LogP contribution in [0.1, 0.15) is 18.9 Å². The molecule has 1 aromatic heterocycles. The molecule has 0 saturated carbocycles. The molecule has 0 amide bonds. The molecule has 1 fully saturated rings. The molecule has 2 atom stereocenters. The number of halogens is 3. The number of hydrogen-bond donors (Lipinski definition) is 2. The van der Waals surface area contributed by atoms with Crippen LogP contribution < -0.4 is 16.0 Å². The van der Waals surface area contributed by atoms with Gasteiger partial charge in [0.05, 0.1) is 23.1 Å². The summed E-state index contributed by atoms with van der Waals surface area (Å²) in [5, 5.41) is 3.33. The van der Waals surface area contributed by atoms with Crippen LogP contribution in [0.5, 0.6) is 0 Å². The number of nitrogens with two attached hydrogens (primary N) is 1. The van der Waals surface area contributed by atoms with Crippen molar-refractivity contribution in [2.45, 2.75) is 25.9 Å². The maximum Gasteiger partial charge on any atom is 0.134 e. The highest BCUT2D eigenvalue weighted by Gasteiger charge is 2.24. The standard InChI is InChI=1S/C24H25F3N4/c1-15-9-17(28)14-31(13-15)23-7-8-29-12-22(23)30-11-16-5-6-19(25)18(10-16)24-20(26)3-2-4-21(24)27/h2-8,10,12,15,17,30H,9,11,13-14,28H2,1H3. The minimum absolute atomic E-state index is 0.0999. The number of rotatable bonds is 5. The van der Waals surface area contributed by atoms with Gasteiger partial charge in [0.1, 0.15) is 17.5 Å². The Kier molecular flexibility index (Phi) is 6.13. The Morgan fingerprint density at radius 2 is 1.84 bits per heavy atom. The normalized spacial score (nSPS) is 18.8. The summed E-state index contributed by atoms with van der Waals surface area (Å²) >= 11 is 0. The predicted molar refractivity (Wildman–Crippen MR) is 117 cm³/mol. The number of hydrogen-bond acceptors (Lipinski definition) is 4. The van der Waals surface area contributed by atoms with Crippen molar-refractivity contribution < 1.29 is 13.2 Å². The fourth-order valence-corrected chi connectivity index (χ4v) is 4.22. The fourth-order valence-electron chi connectivity index (χ4n) is 4.22. The van der Waals surface area contributed by atoms with Crippen LogP contribution >= 0.6 is 0 Å². The molecule has 2 heterocycles. The van der Waals surface area contributed by atoms with Gasteiger partial charge in [0.25, 0.3) is 0 Å². The van der Waals surface area contributed by atoms with Crippen molar-refractivity contribution in [3.63, 3.8) is 0 Å². The molecule has 0 radical (unpaired) electrons. The van der Waals surface area contributed by atoms with E-state index in [1.807, 2.05) is 6.07 Å². The summed E-state index contributed by atoms with van der Waals surface area (Å²) in [4.78, 5) is 6.46. The first-order valence-corrected chi connectivity index (χ1v) is 10.3. The van der Waals surface area contributed by atoms with E-state index in [1.165, 1.54) is 18.2 Å². The molecule has 0 spiro atoms. The van der Waals surface area contributed by atoms with Crippen molar-refractivity contribution in [1.29, 1.82) is 0 Å². The lowest BCUT2D eigenvalue weighted by Crippen LogP contribution is -2.46. The molecule has 4 rings (SSSR count). The Bertz CT molecular complexity index is 1040. The summed E-state index contributed by atoms with van der Waals surface area (Å²) in [7, 11) is 0. The van der Waals surface area contributed by atoms with Gasteiger partial charge in [-0.2, -0.15) is 0 Å². The largest absolute Gasteiger partial charge is 0.378 e. The van der Waals surface area contributed by atoms with Gasteiger partial charge < -0.3 is 16.0 Å². The van der Waals surface area contributed by atoms with E-state index in [9.17, 15) is 13.2 Å². The average Bonchev–Trinajstić information content (AvgIpc) is 2.73. The maximum absolute atomic E-state index is 14.4. The van der Waals surface area contributed by atoms with Crippen molar-refractivity contribution in [3.05, 3.63) is 77.9 Å². The van der Waals surface area contributed by atoms with Crippen molar-refractivity contribution in [2.24, 2.45) is 11.7 Å². The first-order valence-electron chi connectivity index (χ1n) is 10.3. The topological polar surface area (TPSA) is 54.2 Å². The zero-order chi connectivity index (χ0) is 22.0. The van der Waals surface area contributed by atoms with Crippen LogP contribution in [0.15, 0.2) is 54.9 Å². The van der Waals surface area contributed by atoms with Crippen LogP contribution in [0.25, 0.3) is 11.1 Å². The molecule has 3 aromatic rings. The summed E-state index contributed by atoms with van der Waals surface area (Å²) in [6.45, 7) is 4.19. The number of piperidine rings is 1. The van der Waals surface area contributed by atoms with Crippen LogP contribution in [0.3, 0.4) is 0 Å². The molecule has 7 heteroatoms. The first-order chi connectivity index (χ1) is 14.9. The number of aromatic nitrogens is 1. The summed E-state index contributed by atoms with van der Waals surface area (Å²) in [5.41, 5.74) is 8.26. The molecular weight excluding hydrogens is 401 g/mol. The maximum atomic E-state index is 14.4. The number of anilines is 2. The highest BCUT2D eigenvalue weighted by Crippen LogP contribution is 2.31. The summed E-state index contributed by atoms with van der Waals surface area (Å²) in [6.07, 6.45) is 4.47. The lowest BCUT2D eigenvalue weighted by molar-refractivity contribution is 0.402. The fraction of sp³-hybridized carbons (Fsp3) is 0.292. The van der Waals surface area contributed by atoms with E-state index in [1.54, 1.807) is 18.5 Å². The quantitative estimate of drug-likeness (QED) is 0.606. The SMILES string of the molecule is CC1CC(N)CN(c2ccncc2NCc2ccc(F)c(-c3c(F)cccc3F)c2)C1. The Hall–Kier alpha value is -3.06. The summed E-state index contributed by atoms with van der Waals surface area (Å²) in [5.74, 6) is -1.78. The highest BCUT2D eigenvalue weighted by atomic mass is 19.1. The second-order valence-corrected chi connectivity index (χ2v) is 8.16. The van der Waals surface area contributed by atoms with Gasteiger partial charge in [-0.1, -0.05) is 19.1 Å². The smallest absolute Gasteiger partial charge is 0.134 e. The Morgan fingerprint density at radius 3 is 2.58 bits per heavy atom. The molecule has 1 saturated heterocycles.